The van der Waals surface area contributed by atoms with Gasteiger partial charge in [-0.15, -0.1) is 0 Å². The maximum absolute atomic E-state index is 5.33. The van der Waals surface area contributed by atoms with Crippen molar-refractivity contribution in [3.63, 3.8) is 0 Å². The fourth-order valence-corrected chi connectivity index (χ4v) is 6.89. The summed E-state index contributed by atoms with van der Waals surface area (Å²) in [6.45, 7) is 0. The molecule has 0 atom stereocenters. The summed E-state index contributed by atoms with van der Waals surface area (Å²) in [4.78, 5) is 10.5. The normalized spacial score (nSPS) is 11.2. The van der Waals surface area contributed by atoms with E-state index < -0.39 is 0 Å². The lowest BCUT2D eigenvalue weighted by Crippen LogP contribution is -1.96. The number of hydrogen-bond donors (Lipinski definition) is 0. The van der Waals surface area contributed by atoms with E-state index in [1.54, 1.807) is 0 Å². The molecule has 0 N–H and O–H groups in total. The first-order valence-corrected chi connectivity index (χ1v) is 17.0. The predicted octanol–water partition coefficient (Wildman–Crippen LogP) is 12.8. The van der Waals surface area contributed by atoms with Gasteiger partial charge in [0.15, 0.2) is 5.82 Å². The van der Waals surface area contributed by atoms with Gasteiger partial charge < -0.3 is 0 Å². The van der Waals surface area contributed by atoms with E-state index in [1.807, 2.05) is 6.07 Å². The molecule has 9 rings (SSSR count). The van der Waals surface area contributed by atoms with E-state index in [0.29, 0.717) is 5.82 Å². The first-order chi connectivity index (χ1) is 24.8. The van der Waals surface area contributed by atoms with Crippen molar-refractivity contribution < 1.29 is 0 Å². The third kappa shape index (κ3) is 5.63. The van der Waals surface area contributed by atoms with Crippen LogP contribution >= 0.6 is 0 Å². The Morgan fingerprint density at radius 3 is 1.34 bits per heavy atom. The molecule has 0 amide bonds. The lowest BCUT2D eigenvalue weighted by molar-refractivity contribution is 1.23. The molecule has 0 aliphatic carbocycles. The minimum Gasteiger partial charge on any atom is -0.228 e. The highest BCUT2D eigenvalue weighted by atomic mass is 14.9. The van der Waals surface area contributed by atoms with Gasteiger partial charge in [-0.3, -0.25) is 0 Å². The smallest absolute Gasteiger partial charge is 0.160 e. The average molecular weight is 637 g/mol. The average Bonchev–Trinajstić information content (AvgIpc) is 3.21. The number of hydrogen-bond acceptors (Lipinski definition) is 2. The molecule has 9 aromatic rings. The van der Waals surface area contributed by atoms with Crippen molar-refractivity contribution >= 4 is 21.7 Å². The van der Waals surface area contributed by atoms with E-state index in [4.69, 9.17) is 9.97 Å². The highest BCUT2D eigenvalue weighted by molar-refractivity contribution is 6.12. The molecule has 0 saturated heterocycles. The lowest BCUT2D eigenvalue weighted by Gasteiger charge is -2.13. The van der Waals surface area contributed by atoms with Gasteiger partial charge in [0.05, 0.1) is 11.2 Å². The molecule has 8 aromatic carbocycles. The fraction of sp³-hybridized carbons (Fsp3) is 0. The second-order valence-corrected chi connectivity index (χ2v) is 12.6. The third-order valence-electron chi connectivity index (χ3n) is 9.50. The van der Waals surface area contributed by atoms with Crippen LogP contribution in [0.15, 0.2) is 194 Å². The molecule has 0 radical (unpaired) electrons. The maximum Gasteiger partial charge on any atom is 0.160 e. The van der Waals surface area contributed by atoms with E-state index in [0.717, 1.165) is 44.2 Å². The molecule has 0 aliphatic rings. The molecule has 0 spiro atoms. The van der Waals surface area contributed by atoms with Crippen LogP contribution in [-0.4, -0.2) is 9.97 Å². The molecule has 0 saturated carbocycles. The summed E-state index contributed by atoms with van der Waals surface area (Å²) in [5.41, 5.74) is 13.4. The van der Waals surface area contributed by atoms with Crippen LogP contribution in [0.4, 0.5) is 0 Å². The van der Waals surface area contributed by atoms with Gasteiger partial charge in [-0.25, -0.2) is 9.97 Å². The van der Waals surface area contributed by atoms with Crippen LogP contribution in [0, 0.1) is 0 Å². The summed E-state index contributed by atoms with van der Waals surface area (Å²) in [7, 11) is 0. The van der Waals surface area contributed by atoms with Crippen molar-refractivity contribution in [2.24, 2.45) is 0 Å². The molecule has 2 nitrogen and oxygen atoms in total. The van der Waals surface area contributed by atoms with Crippen molar-refractivity contribution in [3.8, 4) is 67.2 Å². The summed E-state index contributed by atoms with van der Waals surface area (Å²) < 4.78 is 0. The summed E-state index contributed by atoms with van der Waals surface area (Å²) in [6.07, 6.45) is 0. The van der Waals surface area contributed by atoms with Crippen LogP contribution in [-0.2, 0) is 0 Å². The molecule has 0 aliphatic heterocycles. The Bertz CT molecular complexity index is 2610. The van der Waals surface area contributed by atoms with Crippen LogP contribution in [0.5, 0.6) is 0 Å². The molecule has 50 heavy (non-hydrogen) atoms. The number of fused-ring (bicyclic) bond motifs is 3. The lowest BCUT2D eigenvalue weighted by atomic mass is 9.96. The minimum atomic E-state index is 0.713. The zero-order chi connectivity index (χ0) is 33.3. The molecule has 0 fully saturated rings. The van der Waals surface area contributed by atoms with Gasteiger partial charge in [-0.2, -0.15) is 0 Å². The third-order valence-corrected chi connectivity index (χ3v) is 9.50. The zero-order valence-electron chi connectivity index (χ0n) is 27.4. The minimum absolute atomic E-state index is 0.713. The van der Waals surface area contributed by atoms with Gasteiger partial charge >= 0.3 is 0 Å². The number of rotatable bonds is 6. The molecule has 0 unspecified atom stereocenters. The first-order valence-electron chi connectivity index (χ1n) is 17.0. The molecule has 0 bridgehead atoms. The molecular weight excluding hydrogens is 605 g/mol. The van der Waals surface area contributed by atoms with Crippen molar-refractivity contribution in [2.45, 2.75) is 0 Å². The van der Waals surface area contributed by atoms with E-state index in [9.17, 15) is 0 Å². The Labute approximate surface area is 292 Å². The largest absolute Gasteiger partial charge is 0.228 e. The summed E-state index contributed by atoms with van der Waals surface area (Å²) in [5.74, 6) is 0.713. The fourth-order valence-electron chi connectivity index (χ4n) is 6.89. The number of nitrogens with zero attached hydrogens (tertiary/aromatic N) is 2. The van der Waals surface area contributed by atoms with Crippen LogP contribution in [0.1, 0.15) is 0 Å². The van der Waals surface area contributed by atoms with Gasteiger partial charge in [0.25, 0.3) is 0 Å². The second kappa shape index (κ2) is 12.8. The molecular formula is C48H32N2. The van der Waals surface area contributed by atoms with Crippen LogP contribution in [0.3, 0.4) is 0 Å². The van der Waals surface area contributed by atoms with E-state index in [-0.39, 0.29) is 0 Å². The highest BCUT2D eigenvalue weighted by Crippen LogP contribution is 2.36. The summed E-state index contributed by atoms with van der Waals surface area (Å²) in [6, 6.07) is 68.7. The Hall–Kier alpha value is -6.64. The number of aromatic nitrogens is 2. The van der Waals surface area contributed by atoms with Gasteiger partial charge in [-0.1, -0.05) is 176 Å². The Morgan fingerprint density at radius 1 is 0.280 bits per heavy atom. The van der Waals surface area contributed by atoms with E-state index in [2.05, 4.69) is 188 Å². The summed E-state index contributed by atoms with van der Waals surface area (Å²) >= 11 is 0. The monoisotopic (exact) mass is 636 g/mol. The predicted molar refractivity (Wildman–Crippen MR) is 210 cm³/mol. The van der Waals surface area contributed by atoms with E-state index in [1.165, 1.54) is 38.8 Å². The van der Waals surface area contributed by atoms with Crippen molar-refractivity contribution in [2.75, 3.05) is 0 Å². The Balaban J connectivity index is 1.13. The quantitative estimate of drug-likeness (QED) is 0.170. The zero-order valence-corrected chi connectivity index (χ0v) is 27.4. The highest BCUT2D eigenvalue weighted by Gasteiger charge is 2.15. The Kier molecular flexibility index (Phi) is 7.53. The molecule has 1 heterocycles. The first kappa shape index (κ1) is 29.5. The van der Waals surface area contributed by atoms with Crippen LogP contribution in [0.25, 0.3) is 88.8 Å². The van der Waals surface area contributed by atoms with Crippen molar-refractivity contribution in [1.82, 2.24) is 9.97 Å². The van der Waals surface area contributed by atoms with E-state index >= 15 is 0 Å². The maximum atomic E-state index is 5.33. The van der Waals surface area contributed by atoms with Crippen molar-refractivity contribution in [3.05, 3.63) is 194 Å². The van der Waals surface area contributed by atoms with Crippen LogP contribution in [0.2, 0.25) is 0 Å². The molecule has 2 heteroatoms. The Morgan fingerprint density at radius 2 is 0.720 bits per heavy atom. The van der Waals surface area contributed by atoms with Gasteiger partial charge in [0, 0.05) is 16.5 Å². The van der Waals surface area contributed by atoms with Gasteiger partial charge in [0.1, 0.15) is 0 Å². The van der Waals surface area contributed by atoms with Crippen LogP contribution < -0.4 is 0 Å². The standard InChI is InChI=1S/C48H32N2/c1-3-11-33(12-4-1)35-21-23-36(24-22-35)42-18-10-19-43(32-42)48-49-45-30-29-38-15-7-8-20-44(38)46(45)47(50-48)39-27-25-37(26-28-39)41-17-9-16-40(31-41)34-13-5-2-6-14-34/h1-32H. The van der Waals surface area contributed by atoms with Gasteiger partial charge in [0.2, 0.25) is 0 Å². The summed E-state index contributed by atoms with van der Waals surface area (Å²) in [5, 5.41) is 3.39. The number of benzene rings is 8. The second-order valence-electron chi connectivity index (χ2n) is 12.6. The topological polar surface area (TPSA) is 25.8 Å². The molecule has 234 valence electrons. The van der Waals surface area contributed by atoms with Gasteiger partial charge in [-0.05, 0) is 73.5 Å². The van der Waals surface area contributed by atoms with Crippen molar-refractivity contribution in [1.29, 1.82) is 0 Å². The SMILES string of the molecule is c1ccc(-c2ccc(-c3cccc(-c4nc(-c5ccc(-c6cccc(-c7ccccc7)c6)cc5)c5c(ccc6ccccc65)n4)c3)cc2)cc1. The molecule has 1 aromatic heterocycles.